The number of carbonyl (C=O) groups excluding carboxylic acids is 2. The van der Waals surface area contributed by atoms with Crippen LogP contribution in [0, 0.1) is 0 Å². The van der Waals surface area contributed by atoms with Gasteiger partial charge in [0.2, 0.25) is 0 Å². The molecule has 3 aromatic rings. The van der Waals surface area contributed by atoms with Gasteiger partial charge in [0, 0.05) is 17.2 Å². The first kappa shape index (κ1) is 17.4. The van der Waals surface area contributed by atoms with E-state index in [0.29, 0.717) is 29.7 Å². The van der Waals surface area contributed by atoms with Crippen molar-refractivity contribution in [2.45, 2.75) is 6.54 Å². The van der Waals surface area contributed by atoms with Crippen LogP contribution in [0.3, 0.4) is 0 Å². The topological polar surface area (TPSA) is 56.5 Å². The minimum Gasteiger partial charge on any atom is -0.493 e. The van der Waals surface area contributed by atoms with Gasteiger partial charge in [0.05, 0.1) is 7.11 Å². The largest absolute Gasteiger partial charge is 0.493 e. The summed E-state index contributed by atoms with van der Waals surface area (Å²) in [7, 11) is 1.46. The number of aromatic nitrogens is 1. The molecule has 1 heterocycles. The maximum absolute atomic E-state index is 12.5. The van der Waals surface area contributed by atoms with Crippen molar-refractivity contribution in [3.05, 3.63) is 89.7 Å². The third-order valence-electron chi connectivity index (χ3n) is 3.83. The molecule has 5 nitrogen and oxygen atoms in total. The summed E-state index contributed by atoms with van der Waals surface area (Å²) in [5, 5.41) is 0. The molecule has 0 aliphatic rings. The lowest BCUT2D eigenvalue weighted by Gasteiger charge is -2.09. The predicted octanol–water partition coefficient (Wildman–Crippen LogP) is 3.06. The van der Waals surface area contributed by atoms with Crippen molar-refractivity contribution in [1.82, 2.24) is 0 Å². The van der Waals surface area contributed by atoms with Gasteiger partial charge in [-0.15, -0.1) is 0 Å². The quantitative estimate of drug-likeness (QED) is 0.297. The molecule has 0 bridgehead atoms. The second kappa shape index (κ2) is 8.07. The van der Waals surface area contributed by atoms with Gasteiger partial charge in [0.25, 0.3) is 0 Å². The van der Waals surface area contributed by atoms with Crippen molar-refractivity contribution in [2.24, 2.45) is 0 Å². The fourth-order valence-electron chi connectivity index (χ4n) is 2.54. The lowest BCUT2D eigenvalue weighted by atomic mass is 10.2. The molecular weight excluding hydrogens is 330 g/mol. The second-order valence-electron chi connectivity index (χ2n) is 5.67. The summed E-state index contributed by atoms with van der Waals surface area (Å²) in [6, 6.07) is 18.1. The number of rotatable bonds is 6. The Morgan fingerprint density at radius 1 is 1.04 bits per heavy atom. The first-order valence-electron chi connectivity index (χ1n) is 8.08. The second-order valence-corrected chi connectivity index (χ2v) is 5.67. The highest BCUT2D eigenvalue weighted by Crippen LogP contribution is 2.28. The van der Waals surface area contributed by atoms with Crippen LogP contribution < -0.4 is 14.0 Å². The van der Waals surface area contributed by atoms with E-state index < -0.39 is 5.97 Å². The molecule has 0 fully saturated rings. The van der Waals surface area contributed by atoms with Crippen molar-refractivity contribution in [1.29, 1.82) is 0 Å². The summed E-state index contributed by atoms with van der Waals surface area (Å²) in [6.45, 7) is 0.652. The molecule has 0 aliphatic carbocycles. The molecule has 0 saturated carbocycles. The van der Waals surface area contributed by atoms with Crippen molar-refractivity contribution in [2.75, 3.05) is 7.11 Å². The average Bonchev–Trinajstić information content (AvgIpc) is 2.69. The SMILES string of the molecule is COc1cc(C=O)ccc1OC(=O)c1ccc[n+](Cc2ccccc2)c1. The summed E-state index contributed by atoms with van der Waals surface area (Å²) in [6.07, 6.45) is 4.34. The highest BCUT2D eigenvalue weighted by Gasteiger charge is 2.16. The Hall–Kier alpha value is -3.47. The van der Waals surface area contributed by atoms with E-state index in [0.717, 1.165) is 5.56 Å². The molecule has 2 aromatic carbocycles. The van der Waals surface area contributed by atoms with E-state index in [9.17, 15) is 9.59 Å². The summed E-state index contributed by atoms with van der Waals surface area (Å²) in [5.41, 5.74) is 2.00. The smallest absolute Gasteiger partial charge is 0.349 e. The Morgan fingerprint density at radius 2 is 1.85 bits per heavy atom. The molecule has 1 aromatic heterocycles. The van der Waals surface area contributed by atoms with Crippen molar-refractivity contribution < 1.29 is 23.6 Å². The lowest BCUT2D eigenvalue weighted by Crippen LogP contribution is -2.34. The number of nitrogens with zero attached hydrogens (tertiary/aromatic N) is 1. The molecule has 0 saturated heterocycles. The molecule has 0 aliphatic heterocycles. The Kier molecular flexibility index (Phi) is 5.39. The zero-order valence-corrected chi connectivity index (χ0v) is 14.3. The Labute approximate surface area is 151 Å². The molecule has 5 heteroatoms. The fraction of sp³-hybridized carbons (Fsp3) is 0.0952. The average molecular weight is 348 g/mol. The van der Waals surface area contributed by atoms with Crippen LogP contribution in [0.25, 0.3) is 0 Å². The summed E-state index contributed by atoms with van der Waals surface area (Å²) < 4.78 is 12.5. The first-order valence-corrected chi connectivity index (χ1v) is 8.08. The van der Waals surface area contributed by atoms with Crippen molar-refractivity contribution in [3.8, 4) is 11.5 Å². The molecule has 0 unspecified atom stereocenters. The third-order valence-corrected chi connectivity index (χ3v) is 3.83. The minimum atomic E-state index is -0.496. The van der Waals surface area contributed by atoms with Crippen LogP contribution in [0.15, 0.2) is 73.1 Å². The number of benzene rings is 2. The molecule has 26 heavy (non-hydrogen) atoms. The van der Waals surface area contributed by atoms with Gasteiger partial charge in [0.1, 0.15) is 11.8 Å². The summed E-state index contributed by atoms with van der Waals surface area (Å²) >= 11 is 0. The van der Waals surface area contributed by atoms with Crippen LogP contribution in [-0.2, 0) is 6.54 Å². The van der Waals surface area contributed by atoms with E-state index in [2.05, 4.69) is 0 Å². The van der Waals surface area contributed by atoms with E-state index in [-0.39, 0.29) is 5.75 Å². The number of esters is 1. The zero-order chi connectivity index (χ0) is 18.4. The minimum absolute atomic E-state index is 0.265. The molecule has 0 amide bonds. The van der Waals surface area contributed by atoms with Gasteiger partial charge in [-0.1, -0.05) is 30.3 Å². The normalized spacial score (nSPS) is 10.2. The van der Waals surface area contributed by atoms with Crippen LogP contribution in [-0.4, -0.2) is 19.4 Å². The maximum Gasteiger partial charge on any atom is 0.349 e. The van der Waals surface area contributed by atoms with Gasteiger partial charge in [-0.05, 0) is 24.3 Å². The number of hydrogen-bond acceptors (Lipinski definition) is 4. The van der Waals surface area contributed by atoms with E-state index in [1.165, 1.54) is 13.2 Å². The van der Waals surface area contributed by atoms with E-state index in [1.807, 2.05) is 41.1 Å². The van der Waals surface area contributed by atoms with E-state index in [1.54, 1.807) is 30.5 Å². The predicted molar refractivity (Wildman–Crippen MR) is 95.5 cm³/mol. The van der Waals surface area contributed by atoms with Crippen LogP contribution in [0.5, 0.6) is 11.5 Å². The number of pyridine rings is 1. The summed E-state index contributed by atoms with van der Waals surface area (Å²) in [5.74, 6) is 0.0992. The molecule has 0 atom stereocenters. The number of methoxy groups -OCH3 is 1. The van der Waals surface area contributed by atoms with Gasteiger partial charge < -0.3 is 9.47 Å². The van der Waals surface area contributed by atoms with E-state index in [4.69, 9.17) is 9.47 Å². The van der Waals surface area contributed by atoms with Crippen LogP contribution >= 0.6 is 0 Å². The maximum atomic E-state index is 12.5. The zero-order valence-electron chi connectivity index (χ0n) is 14.3. The van der Waals surface area contributed by atoms with Crippen LogP contribution in [0.4, 0.5) is 0 Å². The Balaban J connectivity index is 1.78. The fourth-order valence-corrected chi connectivity index (χ4v) is 2.54. The van der Waals surface area contributed by atoms with E-state index >= 15 is 0 Å². The highest BCUT2D eigenvalue weighted by molar-refractivity contribution is 5.91. The van der Waals surface area contributed by atoms with Gasteiger partial charge in [-0.2, -0.15) is 4.57 Å². The molecule has 130 valence electrons. The van der Waals surface area contributed by atoms with Crippen molar-refractivity contribution >= 4 is 12.3 Å². The van der Waals surface area contributed by atoms with Crippen LogP contribution in [0.2, 0.25) is 0 Å². The van der Waals surface area contributed by atoms with Gasteiger partial charge in [-0.3, -0.25) is 4.79 Å². The Morgan fingerprint density at radius 3 is 2.58 bits per heavy atom. The third kappa shape index (κ3) is 4.13. The number of ether oxygens (including phenoxy) is 2. The molecular formula is C21H18NO4+. The Bertz CT molecular complexity index is 922. The number of aldehydes is 1. The van der Waals surface area contributed by atoms with Gasteiger partial charge in [-0.25, -0.2) is 4.79 Å². The standard InChI is InChI=1S/C21H18NO4/c1-25-20-12-17(15-23)9-10-19(20)26-21(24)18-8-5-11-22(14-18)13-16-6-3-2-4-7-16/h2-12,14-15H,13H2,1H3/q+1. The van der Waals surface area contributed by atoms with Crippen molar-refractivity contribution in [3.63, 3.8) is 0 Å². The van der Waals surface area contributed by atoms with Crippen LogP contribution in [0.1, 0.15) is 26.3 Å². The van der Waals surface area contributed by atoms with Gasteiger partial charge >= 0.3 is 5.97 Å². The van der Waals surface area contributed by atoms with Gasteiger partial charge in [0.15, 0.2) is 30.4 Å². The molecule has 0 N–H and O–H groups in total. The first-order chi connectivity index (χ1) is 12.7. The molecule has 0 radical (unpaired) electrons. The summed E-state index contributed by atoms with van der Waals surface area (Å²) in [4.78, 5) is 23.3. The number of hydrogen-bond donors (Lipinski definition) is 0. The molecule has 0 spiro atoms. The highest BCUT2D eigenvalue weighted by atomic mass is 16.6. The lowest BCUT2D eigenvalue weighted by molar-refractivity contribution is -0.688. The monoisotopic (exact) mass is 348 g/mol. The molecule has 3 rings (SSSR count). The number of carbonyl (C=O) groups is 2.